The molecule has 0 fully saturated rings. The van der Waals surface area contributed by atoms with Crippen molar-refractivity contribution < 1.29 is 24.2 Å². The van der Waals surface area contributed by atoms with Gasteiger partial charge >= 0.3 is 5.97 Å². The standard InChI is InChI=1S/C25H24N2O5/c1-14-5-4-6-19-18(13-26-21(14)19)11-12-27-22(20(15(2)28)23(29)24(27)30)16-7-9-17(10-8-16)25(31)32-3/h4-10,13,22,26,29H,11-12H2,1-3H3. The maximum atomic E-state index is 12.9. The van der Waals surface area contributed by atoms with E-state index in [9.17, 15) is 19.5 Å². The van der Waals surface area contributed by atoms with Crippen molar-refractivity contribution in [3.63, 3.8) is 0 Å². The molecule has 0 aliphatic carbocycles. The second kappa shape index (κ2) is 8.34. The lowest BCUT2D eigenvalue weighted by Crippen LogP contribution is -2.33. The fourth-order valence-electron chi connectivity index (χ4n) is 4.32. The third-order valence-corrected chi connectivity index (χ3v) is 5.96. The molecule has 1 aromatic heterocycles. The van der Waals surface area contributed by atoms with Crippen LogP contribution in [0.4, 0.5) is 0 Å². The molecule has 1 aliphatic rings. The molecule has 0 saturated heterocycles. The number of ether oxygens (including phenoxy) is 1. The van der Waals surface area contributed by atoms with Gasteiger partial charge in [0.1, 0.15) is 0 Å². The number of aromatic nitrogens is 1. The molecule has 0 saturated carbocycles. The number of aliphatic hydroxyl groups is 1. The third-order valence-electron chi connectivity index (χ3n) is 5.96. The van der Waals surface area contributed by atoms with E-state index < -0.39 is 23.7 Å². The predicted molar refractivity (Wildman–Crippen MR) is 119 cm³/mol. The Morgan fingerprint density at radius 1 is 1.16 bits per heavy atom. The number of aliphatic hydroxyl groups excluding tert-OH is 1. The number of fused-ring (bicyclic) bond motifs is 1. The molecule has 2 heterocycles. The Labute approximate surface area is 185 Å². The summed E-state index contributed by atoms with van der Waals surface area (Å²) in [6.45, 7) is 3.67. The highest BCUT2D eigenvalue weighted by atomic mass is 16.5. The average Bonchev–Trinajstić information content (AvgIpc) is 3.31. The molecule has 1 unspecified atom stereocenters. The average molecular weight is 432 g/mol. The third kappa shape index (κ3) is 3.56. The van der Waals surface area contributed by atoms with Crippen LogP contribution in [0, 0.1) is 6.92 Å². The van der Waals surface area contributed by atoms with E-state index in [4.69, 9.17) is 4.74 Å². The minimum Gasteiger partial charge on any atom is -0.503 e. The predicted octanol–water partition coefficient (Wildman–Crippen LogP) is 3.79. The summed E-state index contributed by atoms with van der Waals surface area (Å²) < 4.78 is 4.73. The molecule has 32 heavy (non-hydrogen) atoms. The molecule has 1 aliphatic heterocycles. The van der Waals surface area contributed by atoms with Crippen molar-refractivity contribution in [2.75, 3.05) is 13.7 Å². The lowest BCUT2D eigenvalue weighted by Gasteiger charge is -2.26. The Bertz CT molecular complexity index is 1250. The topological polar surface area (TPSA) is 99.7 Å². The van der Waals surface area contributed by atoms with Crippen molar-refractivity contribution >= 4 is 28.6 Å². The van der Waals surface area contributed by atoms with Crippen molar-refractivity contribution in [2.24, 2.45) is 0 Å². The first-order chi connectivity index (χ1) is 15.3. The number of methoxy groups -OCH3 is 1. The van der Waals surface area contributed by atoms with Gasteiger partial charge in [-0.05, 0) is 49.1 Å². The molecule has 2 N–H and O–H groups in total. The number of aryl methyl sites for hydroxylation is 1. The van der Waals surface area contributed by atoms with Gasteiger partial charge in [0.2, 0.25) is 0 Å². The van der Waals surface area contributed by atoms with Gasteiger partial charge in [-0.15, -0.1) is 0 Å². The van der Waals surface area contributed by atoms with E-state index in [0.717, 1.165) is 22.0 Å². The SMILES string of the molecule is COC(=O)c1ccc(C2C(C(C)=O)=C(O)C(=O)N2CCc2c[nH]c3c(C)cccc23)cc1. The lowest BCUT2D eigenvalue weighted by atomic mass is 9.95. The van der Waals surface area contributed by atoms with Gasteiger partial charge in [0.05, 0.1) is 24.3 Å². The number of nitrogens with one attached hydrogen (secondary N) is 1. The second-order valence-corrected chi connectivity index (χ2v) is 7.89. The zero-order chi connectivity index (χ0) is 23.0. The molecule has 7 nitrogen and oxygen atoms in total. The number of benzene rings is 2. The van der Waals surface area contributed by atoms with Crippen molar-refractivity contribution in [3.05, 3.63) is 82.2 Å². The summed E-state index contributed by atoms with van der Waals surface area (Å²) in [5.41, 5.74) is 4.29. The largest absolute Gasteiger partial charge is 0.503 e. The maximum Gasteiger partial charge on any atom is 0.337 e. The van der Waals surface area contributed by atoms with Crippen LogP contribution in [-0.4, -0.2) is 46.3 Å². The fourth-order valence-corrected chi connectivity index (χ4v) is 4.32. The van der Waals surface area contributed by atoms with Gasteiger partial charge < -0.3 is 19.7 Å². The molecule has 0 radical (unpaired) electrons. The highest BCUT2D eigenvalue weighted by Gasteiger charge is 2.42. The van der Waals surface area contributed by atoms with Crippen LogP contribution >= 0.6 is 0 Å². The van der Waals surface area contributed by atoms with E-state index in [1.165, 1.54) is 18.9 Å². The smallest absolute Gasteiger partial charge is 0.337 e. The Morgan fingerprint density at radius 2 is 1.88 bits per heavy atom. The summed E-state index contributed by atoms with van der Waals surface area (Å²) >= 11 is 0. The van der Waals surface area contributed by atoms with E-state index in [1.54, 1.807) is 24.3 Å². The molecule has 0 spiro atoms. The van der Waals surface area contributed by atoms with Gasteiger partial charge in [-0.2, -0.15) is 0 Å². The first-order valence-electron chi connectivity index (χ1n) is 10.3. The molecule has 2 aromatic carbocycles. The summed E-state index contributed by atoms with van der Waals surface area (Å²) in [7, 11) is 1.30. The van der Waals surface area contributed by atoms with Crippen LogP contribution in [-0.2, 0) is 20.7 Å². The zero-order valence-electron chi connectivity index (χ0n) is 18.1. The van der Waals surface area contributed by atoms with Crippen LogP contribution in [0.2, 0.25) is 0 Å². The number of nitrogens with zero attached hydrogens (tertiary/aromatic N) is 1. The first kappa shape index (κ1) is 21.4. The number of aromatic amines is 1. The van der Waals surface area contributed by atoms with Crippen LogP contribution in [0.1, 0.15) is 40.0 Å². The molecule has 1 amide bonds. The minimum absolute atomic E-state index is 0.0654. The van der Waals surface area contributed by atoms with Gasteiger partial charge in [-0.3, -0.25) is 9.59 Å². The van der Waals surface area contributed by atoms with Gasteiger partial charge in [-0.1, -0.05) is 30.3 Å². The molecule has 1 atom stereocenters. The Morgan fingerprint density at radius 3 is 2.53 bits per heavy atom. The van der Waals surface area contributed by atoms with Crippen LogP contribution in [0.25, 0.3) is 10.9 Å². The number of rotatable bonds is 6. The van der Waals surface area contributed by atoms with E-state index in [1.807, 2.05) is 31.3 Å². The second-order valence-electron chi connectivity index (χ2n) is 7.89. The van der Waals surface area contributed by atoms with Gasteiger partial charge in [0, 0.05) is 23.6 Å². The van der Waals surface area contributed by atoms with E-state index in [-0.39, 0.29) is 11.4 Å². The summed E-state index contributed by atoms with van der Waals surface area (Å²) in [6.07, 6.45) is 2.47. The number of hydrogen-bond acceptors (Lipinski definition) is 5. The van der Waals surface area contributed by atoms with E-state index >= 15 is 0 Å². The van der Waals surface area contributed by atoms with Crippen molar-refractivity contribution in [1.29, 1.82) is 0 Å². The monoisotopic (exact) mass is 432 g/mol. The summed E-state index contributed by atoms with van der Waals surface area (Å²) in [6, 6.07) is 11.8. The number of esters is 1. The number of amides is 1. The summed E-state index contributed by atoms with van der Waals surface area (Å²) in [4.78, 5) is 41.8. The quantitative estimate of drug-likeness (QED) is 0.578. The molecular formula is C25H24N2O5. The molecule has 4 rings (SSSR count). The summed E-state index contributed by atoms with van der Waals surface area (Å²) in [5.74, 6) is -1.94. The highest BCUT2D eigenvalue weighted by molar-refractivity contribution is 6.08. The molecule has 0 bridgehead atoms. The lowest BCUT2D eigenvalue weighted by molar-refractivity contribution is -0.129. The van der Waals surface area contributed by atoms with Crippen molar-refractivity contribution in [3.8, 4) is 0 Å². The molecule has 3 aromatic rings. The Hall–Kier alpha value is -3.87. The van der Waals surface area contributed by atoms with Crippen LogP contribution in [0.15, 0.2) is 60.0 Å². The highest BCUT2D eigenvalue weighted by Crippen LogP contribution is 2.38. The number of carbonyl (C=O) groups is 3. The minimum atomic E-state index is -0.723. The molecular weight excluding hydrogens is 408 g/mol. The molecule has 164 valence electrons. The van der Waals surface area contributed by atoms with Gasteiger partial charge in [0.15, 0.2) is 11.5 Å². The number of hydrogen-bond donors (Lipinski definition) is 2. The maximum absolute atomic E-state index is 12.9. The Kier molecular flexibility index (Phi) is 5.57. The van der Waals surface area contributed by atoms with Gasteiger partial charge in [0.25, 0.3) is 5.91 Å². The number of Topliss-reactive ketones (excluding diaryl/α,β-unsaturated/α-hetero) is 1. The van der Waals surface area contributed by atoms with E-state index in [2.05, 4.69) is 4.98 Å². The normalized spacial score (nSPS) is 16.2. The zero-order valence-corrected chi connectivity index (χ0v) is 18.1. The van der Waals surface area contributed by atoms with Crippen LogP contribution in [0.3, 0.4) is 0 Å². The fraction of sp³-hybridized carbons (Fsp3) is 0.240. The van der Waals surface area contributed by atoms with Crippen molar-refractivity contribution in [1.82, 2.24) is 9.88 Å². The van der Waals surface area contributed by atoms with Crippen molar-refractivity contribution in [2.45, 2.75) is 26.3 Å². The van der Waals surface area contributed by atoms with Crippen LogP contribution < -0.4 is 0 Å². The van der Waals surface area contributed by atoms with E-state index in [0.29, 0.717) is 24.1 Å². The number of ketones is 1. The number of para-hydroxylation sites is 1. The number of carbonyl (C=O) groups excluding carboxylic acids is 3. The van der Waals surface area contributed by atoms with Gasteiger partial charge in [-0.25, -0.2) is 4.79 Å². The summed E-state index contributed by atoms with van der Waals surface area (Å²) in [5, 5.41) is 11.5. The number of H-pyrrole nitrogens is 1. The molecule has 7 heteroatoms. The first-order valence-corrected chi connectivity index (χ1v) is 10.3. The Balaban J connectivity index is 1.66. The van der Waals surface area contributed by atoms with Crippen LogP contribution in [0.5, 0.6) is 0 Å².